The fraction of sp³-hybridized carbons (Fsp3) is 0.273. The van der Waals surface area contributed by atoms with E-state index < -0.39 is 6.04 Å². The molecular formula is C22H21ClN5O3+. The van der Waals surface area contributed by atoms with Crippen molar-refractivity contribution in [3.63, 3.8) is 0 Å². The number of nitrogens with zero attached hydrogens (tertiary/aromatic N) is 5. The predicted molar refractivity (Wildman–Crippen MR) is 117 cm³/mol. The zero-order valence-corrected chi connectivity index (χ0v) is 17.9. The molecule has 2 aromatic rings. The van der Waals surface area contributed by atoms with Gasteiger partial charge in [0.25, 0.3) is 5.91 Å². The molecule has 3 amide bonds. The van der Waals surface area contributed by atoms with Gasteiger partial charge < -0.3 is 4.74 Å². The molecule has 0 saturated carbocycles. The lowest BCUT2D eigenvalue weighted by Crippen LogP contribution is -2.61. The van der Waals surface area contributed by atoms with Crippen LogP contribution in [0.4, 0.5) is 10.5 Å². The summed E-state index contributed by atoms with van der Waals surface area (Å²) in [6, 6.07) is 14.4. The maximum absolute atomic E-state index is 12.7. The van der Waals surface area contributed by atoms with Crippen molar-refractivity contribution in [2.45, 2.75) is 12.6 Å². The summed E-state index contributed by atoms with van der Waals surface area (Å²) in [4.78, 5) is 34.3. The van der Waals surface area contributed by atoms with Crippen LogP contribution in [0.1, 0.15) is 5.56 Å². The molecule has 0 bridgehead atoms. The molecule has 2 aromatic carbocycles. The van der Waals surface area contributed by atoms with E-state index >= 15 is 0 Å². The predicted octanol–water partition coefficient (Wildman–Crippen LogP) is 2.41. The first kappa shape index (κ1) is 19.6. The third-order valence-corrected chi connectivity index (χ3v) is 5.97. The molecular weight excluding hydrogens is 418 g/mol. The highest BCUT2D eigenvalue weighted by molar-refractivity contribution is 6.30. The monoisotopic (exact) mass is 438 g/mol. The average molecular weight is 439 g/mol. The molecule has 0 N–H and O–H groups in total. The van der Waals surface area contributed by atoms with Gasteiger partial charge >= 0.3 is 12.0 Å². The Labute approximate surface area is 184 Å². The minimum absolute atomic E-state index is 0.252. The molecule has 31 heavy (non-hydrogen) atoms. The smallest absolute Gasteiger partial charge is 0.397 e. The second-order valence-electron chi connectivity index (χ2n) is 7.67. The number of hydrogen-bond donors (Lipinski definition) is 0. The number of carbonyl (C=O) groups excluding carboxylic acids is 2. The van der Waals surface area contributed by atoms with Crippen LogP contribution in [0, 0.1) is 0 Å². The first-order valence-corrected chi connectivity index (χ1v) is 10.3. The van der Waals surface area contributed by atoms with Gasteiger partial charge in [0.2, 0.25) is 11.9 Å². The molecule has 0 spiro atoms. The number of anilines is 1. The van der Waals surface area contributed by atoms with Gasteiger partial charge in [-0.3, -0.25) is 14.6 Å². The molecule has 0 aliphatic carbocycles. The zero-order valence-electron chi connectivity index (χ0n) is 17.2. The Hall–Kier alpha value is -3.39. The van der Waals surface area contributed by atoms with E-state index in [1.54, 1.807) is 7.05 Å². The summed E-state index contributed by atoms with van der Waals surface area (Å²) >= 11 is 6.05. The van der Waals surface area contributed by atoms with Gasteiger partial charge in [0.1, 0.15) is 24.6 Å². The molecule has 3 heterocycles. The molecule has 1 fully saturated rings. The van der Waals surface area contributed by atoms with Crippen LogP contribution in [-0.2, 0) is 11.4 Å². The van der Waals surface area contributed by atoms with Crippen LogP contribution in [0.15, 0.2) is 53.5 Å². The SMILES string of the molecule is CN1C(=O)C2C(=NC3=[N+]2CCN3c2cccc(OCc3cccc(Cl)c3)c2)N(C)C1=O. The van der Waals surface area contributed by atoms with E-state index in [0.717, 1.165) is 21.9 Å². The number of fused-ring (bicyclic) bond motifs is 2. The minimum Gasteiger partial charge on any atom is -0.489 e. The van der Waals surface area contributed by atoms with Crippen LogP contribution >= 0.6 is 11.6 Å². The van der Waals surface area contributed by atoms with Gasteiger partial charge in [-0.25, -0.2) is 14.3 Å². The molecule has 3 aliphatic heterocycles. The third kappa shape index (κ3) is 3.23. The van der Waals surface area contributed by atoms with E-state index in [1.807, 2.05) is 58.0 Å². The van der Waals surface area contributed by atoms with Gasteiger partial charge in [0.15, 0.2) is 0 Å². The van der Waals surface area contributed by atoms with E-state index in [9.17, 15) is 9.59 Å². The lowest BCUT2D eigenvalue weighted by atomic mass is 10.1. The largest absolute Gasteiger partial charge is 0.489 e. The van der Waals surface area contributed by atoms with Crippen molar-refractivity contribution in [2.75, 3.05) is 32.1 Å². The van der Waals surface area contributed by atoms with Crippen molar-refractivity contribution in [2.24, 2.45) is 4.99 Å². The average Bonchev–Trinajstić information content (AvgIpc) is 3.34. The van der Waals surface area contributed by atoms with Gasteiger partial charge in [0, 0.05) is 25.2 Å². The van der Waals surface area contributed by atoms with E-state index in [-0.39, 0.29) is 11.9 Å². The molecule has 1 saturated heterocycles. The van der Waals surface area contributed by atoms with E-state index in [0.29, 0.717) is 36.5 Å². The second kappa shape index (κ2) is 7.39. The highest BCUT2D eigenvalue weighted by atomic mass is 35.5. The molecule has 1 atom stereocenters. The first-order chi connectivity index (χ1) is 14.9. The van der Waals surface area contributed by atoms with Crippen molar-refractivity contribution < 1.29 is 18.9 Å². The van der Waals surface area contributed by atoms with Crippen LogP contribution in [-0.4, -0.2) is 71.3 Å². The summed E-state index contributed by atoms with van der Waals surface area (Å²) in [5, 5.41) is 0.675. The number of aliphatic imine (C=N–C) groups is 1. The van der Waals surface area contributed by atoms with E-state index in [1.165, 1.54) is 11.9 Å². The third-order valence-electron chi connectivity index (χ3n) is 5.74. The summed E-state index contributed by atoms with van der Waals surface area (Å²) < 4.78 is 7.91. The van der Waals surface area contributed by atoms with Crippen LogP contribution in [0.25, 0.3) is 0 Å². The van der Waals surface area contributed by atoms with Crippen molar-refractivity contribution in [1.82, 2.24) is 9.80 Å². The number of urea groups is 1. The first-order valence-electron chi connectivity index (χ1n) is 9.96. The van der Waals surface area contributed by atoms with E-state index in [4.69, 9.17) is 16.3 Å². The summed E-state index contributed by atoms with van der Waals surface area (Å²) in [6.07, 6.45) is 0. The van der Waals surface area contributed by atoms with Crippen molar-refractivity contribution in [3.05, 3.63) is 59.1 Å². The summed E-state index contributed by atoms with van der Waals surface area (Å²) in [5.74, 6) is 1.62. The Morgan fingerprint density at radius 3 is 2.74 bits per heavy atom. The van der Waals surface area contributed by atoms with Gasteiger partial charge in [-0.05, 0) is 29.8 Å². The summed E-state index contributed by atoms with van der Waals surface area (Å²) in [7, 11) is 3.15. The molecule has 158 valence electrons. The molecule has 0 radical (unpaired) electrons. The number of guanidine groups is 1. The molecule has 9 heteroatoms. The normalized spacial score (nSPS) is 20.3. The molecule has 5 rings (SSSR count). The molecule has 0 aromatic heterocycles. The van der Waals surface area contributed by atoms with Gasteiger partial charge in [0.05, 0.1) is 6.54 Å². The van der Waals surface area contributed by atoms with Crippen molar-refractivity contribution in [1.29, 1.82) is 0 Å². The van der Waals surface area contributed by atoms with Crippen LogP contribution in [0.5, 0.6) is 5.75 Å². The Kier molecular flexibility index (Phi) is 4.66. The second-order valence-corrected chi connectivity index (χ2v) is 8.11. The standard InChI is InChI=1S/C22H21ClN5O3/c1-25-19-18(20(29)26(2)22(25)30)28-10-9-27(21(28)24-19)16-7-4-8-17(12-16)31-13-14-5-3-6-15(23)11-14/h3-8,11-12,18H,9-10,13H2,1-2H3/q+1. The van der Waals surface area contributed by atoms with Gasteiger partial charge in [-0.2, -0.15) is 0 Å². The zero-order chi connectivity index (χ0) is 21.7. The lowest BCUT2D eigenvalue weighted by molar-refractivity contribution is -0.525. The van der Waals surface area contributed by atoms with Crippen molar-refractivity contribution in [3.8, 4) is 5.75 Å². The fourth-order valence-electron chi connectivity index (χ4n) is 4.12. The molecule has 3 aliphatic rings. The highest BCUT2D eigenvalue weighted by Crippen LogP contribution is 2.28. The number of hydrogen-bond acceptors (Lipinski definition) is 5. The Morgan fingerprint density at radius 2 is 1.94 bits per heavy atom. The Morgan fingerprint density at radius 1 is 1.13 bits per heavy atom. The maximum Gasteiger partial charge on any atom is 0.397 e. The number of carbonyl (C=O) groups is 2. The van der Waals surface area contributed by atoms with E-state index in [2.05, 4.69) is 4.99 Å². The molecule has 8 nitrogen and oxygen atoms in total. The minimum atomic E-state index is -0.560. The number of amidine groups is 1. The summed E-state index contributed by atoms with van der Waals surface area (Å²) in [5.41, 5.74) is 1.90. The lowest BCUT2D eigenvalue weighted by Gasteiger charge is -2.31. The van der Waals surface area contributed by atoms with Crippen LogP contribution in [0.3, 0.4) is 0 Å². The number of benzene rings is 2. The number of imide groups is 1. The number of ether oxygens (including phenoxy) is 1. The summed E-state index contributed by atoms with van der Waals surface area (Å²) in [6.45, 7) is 1.74. The molecule has 1 unspecified atom stereocenters. The van der Waals surface area contributed by atoms with Crippen molar-refractivity contribution >= 4 is 41.0 Å². The van der Waals surface area contributed by atoms with Crippen LogP contribution < -0.4 is 9.64 Å². The quantitative estimate of drug-likeness (QED) is 0.687. The fourth-order valence-corrected chi connectivity index (χ4v) is 4.33. The maximum atomic E-state index is 12.7. The van der Waals surface area contributed by atoms with Gasteiger partial charge in [-0.1, -0.05) is 34.8 Å². The highest BCUT2D eigenvalue weighted by Gasteiger charge is 2.54. The number of halogens is 1. The number of rotatable bonds is 4. The topological polar surface area (TPSA) is 68.5 Å². The number of amides is 3. The van der Waals surface area contributed by atoms with Crippen LogP contribution in [0.2, 0.25) is 5.02 Å². The Bertz CT molecular complexity index is 1160. The number of likely N-dealkylation sites (N-methyl/N-ethyl adjacent to an activating group) is 2. The van der Waals surface area contributed by atoms with Gasteiger partial charge in [-0.15, -0.1) is 0 Å². The Balaban J connectivity index is 1.39.